The van der Waals surface area contributed by atoms with E-state index < -0.39 is 47.3 Å². The third-order valence-corrected chi connectivity index (χ3v) is 5.10. The Hall–Kier alpha value is -1.82. The SMILES string of the molecule is C[C@@H]1OC(=O)c2c(O)ccc(F)c2CCC[C@H](O)C(O)C(=O)/C=C\C1P. The molecular formula is C18H22FO6P. The first kappa shape index (κ1) is 20.5. The average Bonchev–Trinajstić information content (AvgIpc) is 2.60. The first-order valence-electron chi connectivity index (χ1n) is 8.27. The Labute approximate surface area is 152 Å². The van der Waals surface area contributed by atoms with Gasteiger partial charge in [-0.05, 0) is 44.4 Å². The third-order valence-electron chi connectivity index (χ3n) is 4.34. The highest BCUT2D eigenvalue weighted by atomic mass is 31.0. The van der Waals surface area contributed by atoms with Crippen LogP contribution in [-0.4, -0.2) is 51.0 Å². The summed E-state index contributed by atoms with van der Waals surface area (Å²) in [6.45, 7) is 1.58. The monoisotopic (exact) mass is 384 g/mol. The van der Waals surface area contributed by atoms with E-state index >= 15 is 0 Å². The minimum atomic E-state index is -1.59. The van der Waals surface area contributed by atoms with Gasteiger partial charge >= 0.3 is 5.97 Å². The average molecular weight is 384 g/mol. The number of ether oxygens (including phenoxy) is 1. The van der Waals surface area contributed by atoms with Crippen LogP contribution in [0.2, 0.25) is 0 Å². The summed E-state index contributed by atoms with van der Waals surface area (Å²) in [6, 6.07) is 2.13. The van der Waals surface area contributed by atoms with Gasteiger partial charge in [0.1, 0.15) is 29.3 Å². The number of ketones is 1. The summed E-state index contributed by atoms with van der Waals surface area (Å²) in [5.41, 5.74) is -0.737. The summed E-state index contributed by atoms with van der Waals surface area (Å²) >= 11 is 0. The lowest BCUT2D eigenvalue weighted by molar-refractivity contribution is -0.128. The van der Waals surface area contributed by atoms with Crippen molar-refractivity contribution in [2.75, 3.05) is 0 Å². The summed E-state index contributed by atoms with van der Waals surface area (Å²) in [5.74, 6) is -2.60. The van der Waals surface area contributed by atoms with Crippen molar-refractivity contribution in [1.29, 1.82) is 0 Å². The van der Waals surface area contributed by atoms with Crippen molar-refractivity contribution in [2.24, 2.45) is 0 Å². The van der Waals surface area contributed by atoms with Gasteiger partial charge in [0.15, 0.2) is 5.78 Å². The highest BCUT2D eigenvalue weighted by molar-refractivity contribution is 7.18. The van der Waals surface area contributed by atoms with Gasteiger partial charge < -0.3 is 20.1 Å². The number of hydrogen-bond acceptors (Lipinski definition) is 6. The number of phenolic OH excluding ortho intramolecular Hbond substituents is 1. The van der Waals surface area contributed by atoms with Crippen molar-refractivity contribution in [3.8, 4) is 5.75 Å². The van der Waals surface area contributed by atoms with E-state index in [1.807, 2.05) is 0 Å². The van der Waals surface area contributed by atoms with Gasteiger partial charge in [0.05, 0.1) is 6.10 Å². The number of carbonyl (C=O) groups excluding carboxylic acids is 2. The number of carbonyl (C=O) groups is 2. The zero-order chi connectivity index (χ0) is 19.4. The molecular weight excluding hydrogens is 362 g/mol. The highest BCUT2D eigenvalue weighted by Gasteiger charge is 2.27. The van der Waals surface area contributed by atoms with Crippen LogP contribution in [0, 0.1) is 5.82 Å². The van der Waals surface area contributed by atoms with Gasteiger partial charge in [-0.3, -0.25) is 4.79 Å². The van der Waals surface area contributed by atoms with Crippen LogP contribution in [0.25, 0.3) is 0 Å². The molecule has 0 aliphatic carbocycles. The van der Waals surface area contributed by atoms with Crippen LogP contribution < -0.4 is 0 Å². The molecule has 2 rings (SSSR count). The topological polar surface area (TPSA) is 104 Å². The van der Waals surface area contributed by atoms with Crippen LogP contribution in [-0.2, 0) is 16.0 Å². The number of esters is 1. The lowest BCUT2D eigenvalue weighted by Gasteiger charge is -2.21. The number of cyclic esters (lactones) is 1. The number of aliphatic hydroxyl groups is 2. The Morgan fingerprint density at radius 2 is 1.96 bits per heavy atom. The second kappa shape index (κ2) is 8.71. The molecule has 0 aromatic heterocycles. The number of halogens is 1. The molecule has 0 saturated heterocycles. The predicted octanol–water partition coefficient (Wildman–Crippen LogP) is 1.50. The molecule has 0 spiro atoms. The molecule has 3 N–H and O–H groups in total. The third kappa shape index (κ3) is 4.67. The number of aromatic hydroxyl groups is 1. The molecule has 3 unspecified atom stereocenters. The van der Waals surface area contributed by atoms with Crippen LogP contribution >= 0.6 is 9.24 Å². The van der Waals surface area contributed by atoms with Crippen LogP contribution in [0.1, 0.15) is 35.7 Å². The molecule has 142 valence electrons. The van der Waals surface area contributed by atoms with E-state index in [0.29, 0.717) is 0 Å². The smallest absolute Gasteiger partial charge is 0.342 e. The van der Waals surface area contributed by atoms with E-state index in [9.17, 15) is 29.3 Å². The van der Waals surface area contributed by atoms with E-state index in [0.717, 1.165) is 18.2 Å². The summed E-state index contributed by atoms with van der Waals surface area (Å²) in [7, 11) is 2.38. The van der Waals surface area contributed by atoms with Crippen molar-refractivity contribution in [2.45, 2.75) is 50.2 Å². The van der Waals surface area contributed by atoms with Crippen LogP contribution in [0.4, 0.5) is 4.39 Å². The predicted molar refractivity (Wildman–Crippen MR) is 95.5 cm³/mol. The zero-order valence-corrected chi connectivity index (χ0v) is 15.4. The zero-order valence-electron chi connectivity index (χ0n) is 14.3. The molecule has 1 aliphatic rings. The number of aliphatic hydroxyl groups excluding tert-OH is 2. The van der Waals surface area contributed by atoms with Crippen molar-refractivity contribution < 1.29 is 34.0 Å². The van der Waals surface area contributed by atoms with Gasteiger partial charge in [-0.2, -0.15) is 0 Å². The first-order valence-corrected chi connectivity index (χ1v) is 8.94. The standard InChI is InChI=1S/C18H22FO6P/c1-9-15(26)8-7-14(22)17(23)13(21)4-2-3-10-11(19)5-6-12(20)16(10)18(24)25-9/h5-9,13,15,17,20-21,23H,2-4,26H2,1H3/b8-7-/t9-,13-,15?,17?/m0/s1. The normalized spacial score (nSPS) is 29.4. The fourth-order valence-corrected chi connectivity index (χ4v) is 2.87. The molecule has 1 aliphatic heterocycles. The number of fused-ring (bicyclic) bond motifs is 1. The molecule has 0 saturated carbocycles. The van der Waals surface area contributed by atoms with Gasteiger partial charge in [-0.15, -0.1) is 9.24 Å². The fraction of sp³-hybridized carbons (Fsp3) is 0.444. The molecule has 1 heterocycles. The lowest BCUT2D eigenvalue weighted by atomic mass is 9.96. The molecule has 0 bridgehead atoms. The lowest BCUT2D eigenvalue weighted by Crippen LogP contribution is -2.33. The van der Waals surface area contributed by atoms with E-state index in [-0.39, 0.29) is 30.4 Å². The van der Waals surface area contributed by atoms with Gasteiger partial charge in [0.25, 0.3) is 0 Å². The van der Waals surface area contributed by atoms with E-state index in [4.69, 9.17) is 4.74 Å². The summed E-state index contributed by atoms with van der Waals surface area (Å²) < 4.78 is 19.5. The molecule has 1 aromatic rings. The summed E-state index contributed by atoms with van der Waals surface area (Å²) in [6.07, 6.45) is -0.799. The fourth-order valence-electron chi connectivity index (χ4n) is 2.69. The molecule has 0 radical (unpaired) electrons. The molecule has 0 amide bonds. The Balaban J connectivity index is 2.41. The van der Waals surface area contributed by atoms with Crippen LogP contribution in [0.3, 0.4) is 0 Å². The molecule has 1 aromatic carbocycles. The first-order chi connectivity index (χ1) is 12.2. The number of rotatable bonds is 0. The minimum absolute atomic E-state index is 0.0189. The number of hydrogen-bond donors (Lipinski definition) is 3. The largest absolute Gasteiger partial charge is 0.507 e. The Morgan fingerprint density at radius 1 is 1.27 bits per heavy atom. The minimum Gasteiger partial charge on any atom is -0.507 e. The Kier molecular flexibility index (Phi) is 6.87. The maximum Gasteiger partial charge on any atom is 0.342 e. The van der Waals surface area contributed by atoms with E-state index in [1.54, 1.807) is 6.92 Å². The molecule has 26 heavy (non-hydrogen) atoms. The number of phenols is 1. The van der Waals surface area contributed by atoms with Crippen LogP contribution in [0.5, 0.6) is 5.75 Å². The molecule has 5 atom stereocenters. The Morgan fingerprint density at radius 3 is 2.65 bits per heavy atom. The molecule has 0 fully saturated rings. The second-order valence-electron chi connectivity index (χ2n) is 6.27. The van der Waals surface area contributed by atoms with E-state index in [1.165, 1.54) is 6.08 Å². The maximum atomic E-state index is 14.2. The van der Waals surface area contributed by atoms with Gasteiger partial charge in [-0.1, -0.05) is 6.08 Å². The number of benzene rings is 1. The maximum absolute atomic E-state index is 14.2. The second-order valence-corrected chi connectivity index (χ2v) is 7.04. The van der Waals surface area contributed by atoms with Crippen molar-refractivity contribution in [3.05, 3.63) is 41.2 Å². The van der Waals surface area contributed by atoms with Crippen LogP contribution in [0.15, 0.2) is 24.3 Å². The molecule has 8 heteroatoms. The molecule has 6 nitrogen and oxygen atoms in total. The summed E-state index contributed by atoms with van der Waals surface area (Å²) in [4.78, 5) is 24.3. The van der Waals surface area contributed by atoms with Crippen molar-refractivity contribution in [3.63, 3.8) is 0 Å². The van der Waals surface area contributed by atoms with Gasteiger partial charge in [0.2, 0.25) is 0 Å². The van der Waals surface area contributed by atoms with Gasteiger partial charge in [-0.25, -0.2) is 9.18 Å². The Bertz CT molecular complexity index is 720. The van der Waals surface area contributed by atoms with Crippen molar-refractivity contribution >= 4 is 21.0 Å². The highest BCUT2D eigenvalue weighted by Crippen LogP contribution is 2.28. The van der Waals surface area contributed by atoms with Gasteiger partial charge in [0, 0.05) is 11.2 Å². The van der Waals surface area contributed by atoms with E-state index in [2.05, 4.69) is 9.24 Å². The quantitative estimate of drug-likeness (QED) is 0.463. The van der Waals surface area contributed by atoms with Crippen molar-refractivity contribution in [1.82, 2.24) is 0 Å². The summed E-state index contributed by atoms with van der Waals surface area (Å²) in [5, 5.41) is 29.9.